The second-order valence-electron chi connectivity index (χ2n) is 24.8. The molecule has 0 spiro atoms. The molecule has 0 saturated heterocycles. The highest BCUT2D eigenvalue weighted by Gasteiger charge is 2.20. The highest BCUT2D eigenvalue weighted by molar-refractivity contribution is 5.71. The van der Waals surface area contributed by atoms with E-state index >= 15 is 0 Å². The van der Waals surface area contributed by atoms with Gasteiger partial charge in [0.2, 0.25) is 0 Å². The van der Waals surface area contributed by atoms with Crippen molar-refractivity contribution in [2.75, 3.05) is 13.2 Å². The summed E-state index contributed by atoms with van der Waals surface area (Å²) >= 11 is 0. The summed E-state index contributed by atoms with van der Waals surface area (Å²) in [6.07, 6.45) is 69.7. The maximum Gasteiger partial charge on any atom is 0.306 e. The van der Waals surface area contributed by atoms with Gasteiger partial charge < -0.3 is 14.2 Å². The zero-order chi connectivity index (χ0) is 54.6. The fourth-order valence-corrected chi connectivity index (χ4v) is 10.8. The molecule has 6 nitrogen and oxygen atoms in total. The van der Waals surface area contributed by atoms with E-state index in [0.29, 0.717) is 19.3 Å². The SMILES string of the molecule is CCCCCCCCCCCCCCCCCCCCC(=O)OC[C@@H](COC(=O)CCCCCCCCCCCCCCCCCCCCC(C)C)OC(=O)CCCCCCCCCCCCCCCCCC(C)C. The zero-order valence-electron chi connectivity index (χ0n) is 51.7. The molecular weight excluding hydrogens is 925 g/mol. The van der Waals surface area contributed by atoms with Crippen LogP contribution in [-0.4, -0.2) is 37.2 Å². The third kappa shape index (κ3) is 63.1. The van der Waals surface area contributed by atoms with E-state index in [1.165, 1.54) is 283 Å². The molecule has 0 saturated carbocycles. The van der Waals surface area contributed by atoms with Crippen molar-refractivity contribution in [3.63, 3.8) is 0 Å². The molecule has 1 atom stereocenters. The van der Waals surface area contributed by atoms with Crippen molar-refractivity contribution in [2.45, 2.75) is 400 Å². The Bertz CT molecular complexity index is 1150. The van der Waals surface area contributed by atoms with Gasteiger partial charge in [-0.1, -0.05) is 356 Å². The van der Waals surface area contributed by atoms with Crippen LogP contribution >= 0.6 is 0 Å². The van der Waals surface area contributed by atoms with Gasteiger partial charge in [0, 0.05) is 19.3 Å². The third-order valence-corrected chi connectivity index (χ3v) is 16.0. The largest absolute Gasteiger partial charge is 0.462 e. The summed E-state index contributed by atoms with van der Waals surface area (Å²) in [4.78, 5) is 38.4. The van der Waals surface area contributed by atoms with Gasteiger partial charge in [-0.05, 0) is 31.1 Å². The molecule has 0 aromatic rings. The normalized spacial score (nSPS) is 12.0. The van der Waals surface area contributed by atoms with E-state index in [0.717, 1.165) is 69.6 Å². The number of carbonyl (C=O) groups is 3. The topological polar surface area (TPSA) is 78.9 Å². The minimum Gasteiger partial charge on any atom is -0.462 e. The predicted octanol–water partition coefficient (Wildman–Crippen LogP) is 23.2. The molecule has 6 heteroatoms. The van der Waals surface area contributed by atoms with E-state index in [4.69, 9.17) is 14.2 Å². The van der Waals surface area contributed by atoms with E-state index < -0.39 is 6.10 Å². The molecule has 0 rings (SSSR count). The Morgan fingerprint density at radius 2 is 0.440 bits per heavy atom. The highest BCUT2D eigenvalue weighted by atomic mass is 16.6. The first-order valence-corrected chi connectivity index (χ1v) is 34.2. The first-order valence-electron chi connectivity index (χ1n) is 34.2. The number of unbranched alkanes of at least 4 members (excludes halogenated alkanes) is 48. The molecule has 0 aliphatic rings. The average molecular weight is 1060 g/mol. The maximum atomic E-state index is 12.9. The lowest BCUT2D eigenvalue weighted by molar-refractivity contribution is -0.167. The van der Waals surface area contributed by atoms with Crippen LogP contribution in [0, 0.1) is 11.8 Å². The number of carbonyl (C=O) groups excluding carboxylic acids is 3. The van der Waals surface area contributed by atoms with E-state index in [2.05, 4.69) is 34.6 Å². The lowest BCUT2D eigenvalue weighted by Gasteiger charge is -2.18. The number of rotatable bonds is 63. The molecule has 0 N–H and O–H groups in total. The van der Waals surface area contributed by atoms with Crippen LogP contribution < -0.4 is 0 Å². The Balaban J connectivity index is 4.27. The fourth-order valence-electron chi connectivity index (χ4n) is 10.8. The average Bonchev–Trinajstić information content (AvgIpc) is 3.39. The summed E-state index contributed by atoms with van der Waals surface area (Å²) in [6.45, 7) is 11.5. The Morgan fingerprint density at radius 3 is 0.653 bits per heavy atom. The molecule has 0 radical (unpaired) electrons. The van der Waals surface area contributed by atoms with E-state index in [-0.39, 0.29) is 31.1 Å². The summed E-state index contributed by atoms with van der Waals surface area (Å²) in [5, 5.41) is 0. The Morgan fingerprint density at radius 1 is 0.253 bits per heavy atom. The van der Waals surface area contributed by atoms with E-state index in [9.17, 15) is 14.4 Å². The van der Waals surface area contributed by atoms with Crippen LogP contribution in [0.2, 0.25) is 0 Å². The van der Waals surface area contributed by atoms with Crippen LogP contribution in [0.15, 0.2) is 0 Å². The van der Waals surface area contributed by atoms with Crippen LogP contribution in [0.25, 0.3) is 0 Å². The second-order valence-corrected chi connectivity index (χ2v) is 24.8. The summed E-state index contributed by atoms with van der Waals surface area (Å²) in [5.41, 5.74) is 0. The summed E-state index contributed by atoms with van der Waals surface area (Å²) < 4.78 is 17.0. The van der Waals surface area contributed by atoms with Gasteiger partial charge in [0.15, 0.2) is 6.10 Å². The lowest BCUT2D eigenvalue weighted by Crippen LogP contribution is -2.30. The van der Waals surface area contributed by atoms with Gasteiger partial charge in [-0.3, -0.25) is 14.4 Å². The molecule has 75 heavy (non-hydrogen) atoms. The highest BCUT2D eigenvalue weighted by Crippen LogP contribution is 2.20. The van der Waals surface area contributed by atoms with Crippen LogP contribution in [0.5, 0.6) is 0 Å². The van der Waals surface area contributed by atoms with Crippen molar-refractivity contribution in [3.05, 3.63) is 0 Å². The molecule has 0 heterocycles. The minimum atomic E-state index is -0.764. The van der Waals surface area contributed by atoms with Gasteiger partial charge in [-0.25, -0.2) is 0 Å². The van der Waals surface area contributed by atoms with Crippen LogP contribution in [0.4, 0.5) is 0 Å². The maximum absolute atomic E-state index is 12.9. The van der Waals surface area contributed by atoms with Gasteiger partial charge in [0.05, 0.1) is 0 Å². The molecule has 0 unspecified atom stereocenters. The van der Waals surface area contributed by atoms with Crippen molar-refractivity contribution in [1.82, 2.24) is 0 Å². The van der Waals surface area contributed by atoms with E-state index in [1.54, 1.807) is 0 Å². The molecule has 0 fully saturated rings. The minimum absolute atomic E-state index is 0.0613. The van der Waals surface area contributed by atoms with Crippen LogP contribution in [0.1, 0.15) is 394 Å². The van der Waals surface area contributed by atoms with Crippen molar-refractivity contribution in [3.8, 4) is 0 Å². The molecule has 0 aromatic heterocycles. The third-order valence-electron chi connectivity index (χ3n) is 16.0. The summed E-state index contributed by atoms with van der Waals surface area (Å²) in [5.74, 6) is 0.881. The van der Waals surface area contributed by atoms with Crippen LogP contribution in [0.3, 0.4) is 0 Å². The summed E-state index contributed by atoms with van der Waals surface area (Å²) in [7, 11) is 0. The first kappa shape index (κ1) is 73.4. The van der Waals surface area contributed by atoms with Crippen LogP contribution in [-0.2, 0) is 28.6 Å². The number of hydrogen-bond donors (Lipinski definition) is 0. The van der Waals surface area contributed by atoms with Crippen molar-refractivity contribution < 1.29 is 28.6 Å². The first-order chi connectivity index (χ1) is 36.7. The van der Waals surface area contributed by atoms with Crippen molar-refractivity contribution in [1.29, 1.82) is 0 Å². The summed E-state index contributed by atoms with van der Waals surface area (Å²) in [6, 6.07) is 0. The Kier molecular flexibility index (Phi) is 60.3. The Labute approximate surface area is 469 Å². The lowest BCUT2D eigenvalue weighted by atomic mass is 10.0. The van der Waals surface area contributed by atoms with Gasteiger partial charge in [0.25, 0.3) is 0 Å². The molecule has 0 bridgehead atoms. The van der Waals surface area contributed by atoms with Crippen molar-refractivity contribution >= 4 is 17.9 Å². The van der Waals surface area contributed by atoms with Gasteiger partial charge in [-0.15, -0.1) is 0 Å². The molecule has 0 aliphatic carbocycles. The molecule has 446 valence electrons. The van der Waals surface area contributed by atoms with Crippen molar-refractivity contribution in [2.24, 2.45) is 11.8 Å². The second kappa shape index (κ2) is 61.6. The molecular formula is C69H134O6. The fraction of sp³-hybridized carbons (Fsp3) is 0.957. The van der Waals surface area contributed by atoms with E-state index in [1.807, 2.05) is 0 Å². The van der Waals surface area contributed by atoms with Gasteiger partial charge >= 0.3 is 17.9 Å². The van der Waals surface area contributed by atoms with Gasteiger partial charge in [-0.2, -0.15) is 0 Å². The Hall–Kier alpha value is -1.59. The number of esters is 3. The zero-order valence-corrected chi connectivity index (χ0v) is 51.7. The molecule has 0 aromatic carbocycles. The smallest absolute Gasteiger partial charge is 0.306 e. The monoisotopic (exact) mass is 1060 g/mol. The molecule has 0 amide bonds. The predicted molar refractivity (Wildman–Crippen MR) is 326 cm³/mol. The quantitative estimate of drug-likeness (QED) is 0.0343. The van der Waals surface area contributed by atoms with Gasteiger partial charge in [0.1, 0.15) is 13.2 Å². The number of ether oxygens (including phenoxy) is 3. The number of hydrogen-bond acceptors (Lipinski definition) is 6. The standard InChI is InChI=1S/C69H134O6/c1-6-7-8-9-10-11-12-13-14-15-19-24-29-34-39-44-49-54-59-67(70)73-62-66(75-69(72)61-56-51-46-41-36-31-26-21-23-28-33-38-43-48-53-58-65(4)5)63-74-68(71)60-55-50-45-40-35-30-25-20-17-16-18-22-27-32-37-42-47-52-57-64(2)3/h64-66H,6-63H2,1-5H3/t66-/m0/s1. The molecule has 0 aliphatic heterocycles.